The minimum atomic E-state index is -0.415. The van der Waals surface area contributed by atoms with Crippen LogP contribution in [0.1, 0.15) is 31.4 Å². The van der Waals surface area contributed by atoms with Crippen LogP contribution in [0.3, 0.4) is 0 Å². The Balaban J connectivity index is 1.56. The summed E-state index contributed by atoms with van der Waals surface area (Å²) in [6, 6.07) is 10.8. The van der Waals surface area contributed by atoms with Crippen LogP contribution in [0.4, 0.5) is 10.6 Å². The average Bonchev–Trinajstić information content (AvgIpc) is 3.54. The van der Waals surface area contributed by atoms with E-state index in [1.807, 2.05) is 18.2 Å². The lowest BCUT2D eigenvalue weighted by Crippen LogP contribution is -2.33. The fraction of sp³-hybridized carbons (Fsp3) is 0.280. The summed E-state index contributed by atoms with van der Waals surface area (Å²) >= 11 is 6.52. The first-order chi connectivity index (χ1) is 17.0. The third-order valence-electron chi connectivity index (χ3n) is 6.15. The number of aromatic nitrogens is 5. The predicted molar refractivity (Wildman–Crippen MR) is 134 cm³/mol. The molecule has 0 atom stereocenters. The lowest BCUT2D eigenvalue weighted by atomic mass is 10.0. The number of aryl methyl sites for hydroxylation is 1. The minimum absolute atomic E-state index is 0.00176. The van der Waals surface area contributed by atoms with Crippen LogP contribution < -0.4 is 10.6 Å². The Morgan fingerprint density at radius 1 is 1.23 bits per heavy atom. The number of nitrogens with one attached hydrogen (secondary N) is 2. The number of pyridine rings is 1. The molecule has 3 heterocycles. The second-order valence-electron chi connectivity index (χ2n) is 8.62. The molecule has 1 aliphatic rings. The smallest absolute Gasteiger partial charge is 0.320 e. The van der Waals surface area contributed by atoms with Gasteiger partial charge >= 0.3 is 6.03 Å². The highest BCUT2D eigenvalue weighted by Gasteiger charge is 2.21. The number of fused-ring (bicyclic) bond motifs is 1. The molecule has 3 aromatic heterocycles. The van der Waals surface area contributed by atoms with Gasteiger partial charge in [-0.2, -0.15) is 10.4 Å². The molecular weight excluding hydrogens is 464 g/mol. The fourth-order valence-electron chi connectivity index (χ4n) is 4.41. The number of carbonyl (C=O) groups excluding carboxylic acids is 1. The molecule has 5 rings (SSSR count). The highest BCUT2D eigenvalue weighted by molar-refractivity contribution is 6.35. The Bertz CT molecular complexity index is 1450. The molecule has 2 amide bonds. The molecule has 9 nitrogen and oxygen atoms in total. The number of urea groups is 1. The van der Waals surface area contributed by atoms with E-state index in [9.17, 15) is 10.1 Å². The van der Waals surface area contributed by atoms with Crippen LogP contribution >= 0.6 is 11.6 Å². The van der Waals surface area contributed by atoms with Crippen LogP contribution in [0.25, 0.3) is 33.5 Å². The van der Waals surface area contributed by atoms with Crippen molar-refractivity contribution in [2.24, 2.45) is 13.0 Å². The van der Waals surface area contributed by atoms with Crippen LogP contribution in [0.15, 0.2) is 42.7 Å². The van der Waals surface area contributed by atoms with Gasteiger partial charge < -0.3 is 5.32 Å². The number of carbonyl (C=O) groups is 1. The first-order valence-corrected chi connectivity index (χ1v) is 11.8. The number of nitrogens with zero attached hydrogens (tertiary/aromatic N) is 6. The summed E-state index contributed by atoms with van der Waals surface area (Å²) in [5.74, 6) is 0.565. The van der Waals surface area contributed by atoms with Gasteiger partial charge in [-0.1, -0.05) is 30.5 Å². The maximum atomic E-state index is 12.6. The maximum Gasteiger partial charge on any atom is 0.320 e. The quantitative estimate of drug-likeness (QED) is 0.412. The summed E-state index contributed by atoms with van der Waals surface area (Å²) in [7, 11) is 1.80. The van der Waals surface area contributed by atoms with Gasteiger partial charge in [-0.15, -0.1) is 0 Å². The number of hydrogen-bond donors (Lipinski definition) is 2. The summed E-state index contributed by atoms with van der Waals surface area (Å²) in [6.45, 7) is 0.593. The third-order valence-corrected chi connectivity index (χ3v) is 6.44. The Hall–Kier alpha value is -4.03. The summed E-state index contributed by atoms with van der Waals surface area (Å²) < 4.78 is 1.65. The van der Waals surface area contributed by atoms with E-state index in [2.05, 4.69) is 36.8 Å². The number of benzene rings is 1. The van der Waals surface area contributed by atoms with Crippen molar-refractivity contribution in [1.29, 1.82) is 5.26 Å². The SMILES string of the molecule is Cn1ccc(-c2nc(NC(=O)NCC3CCCC3)c(C#N)nc2-c2cc(Cl)c3ncccc3c2)n1. The van der Waals surface area contributed by atoms with Gasteiger partial charge in [-0.25, -0.2) is 14.8 Å². The molecule has 2 N–H and O–H groups in total. The third kappa shape index (κ3) is 4.79. The van der Waals surface area contributed by atoms with E-state index in [-0.39, 0.29) is 11.5 Å². The lowest BCUT2D eigenvalue weighted by Gasteiger charge is -2.14. The fourth-order valence-corrected chi connectivity index (χ4v) is 4.69. The average molecular weight is 487 g/mol. The standard InChI is InChI=1S/C25H23ClN8O/c1-34-10-8-19(33-34)23-22(17-11-16-7-4-9-28-21(16)18(26)12-17)30-20(13-27)24(31-23)32-25(35)29-14-15-5-2-3-6-15/h4,7-12,15H,2-3,5-6,14H2,1H3,(H2,29,31,32,35). The Morgan fingerprint density at radius 2 is 2.06 bits per heavy atom. The van der Waals surface area contributed by atoms with Crippen molar-refractivity contribution in [2.75, 3.05) is 11.9 Å². The second kappa shape index (κ2) is 9.68. The van der Waals surface area contributed by atoms with Gasteiger partial charge in [-0.05, 0) is 43.0 Å². The van der Waals surface area contributed by atoms with Crippen LogP contribution in [-0.2, 0) is 7.05 Å². The van der Waals surface area contributed by atoms with Crippen molar-refractivity contribution in [2.45, 2.75) is 25.7 Å². The zero-order valence-corrected chi connectivity index (χ0v) is 19.9. The number of amides is 2. The zero-order valence-electron chi connectivity index (χ0n) is 19.1. The van der Waals surface area contributed by atoms with E-state index >= 15 is 0 Å². The first-order valence-electron chi connectivity index (χ1n) is 11.4. The number of nitriles is 1. The van der Waals surface area contributed by atoms with Gasteiger partial charge in [0.1, 0.15) is 23.2 Å². The molecule has 1 aromatic carbocycles. The van der Waals surface area contributed by atoms with Crippen LogP contribution in [0.2, 0.25) is 5.02 Å². The molecule has 1 fully saturated rings. The molecule has 10 heteroatoms. The van der Waals surface area contributed by atoms with E-state index in [0.717, 1.165) is 18.2 Å². The van der Waals surface area contributed by atoms with Gasteiger partial charge in [-0.3, -0.25) is 15.0 Å². The molecule has 0 aliphatic heterocycles. The summed E-state index contributed by atoms with van der Waals surface area (Å²) in [6.07, 6.45) is 8.10. The number of rotatable bonds is 5. The summed E-state index contributed by atoms with van der Waals surface area (Å²) in [5, 5.41) is 21.2. The van der Waals surface area contributed by atoms with Crippen LogP contribution in [-0.4, -0.2) is 37.3 Å². The highest BCUT2D eigenvalue weighted by atomic mass is 35.5. The molecule has 4 aromatic rings. The van der Waals surface area contributed by atoms with E-state index in [1.165, 1.54) is 12.8 Å². The van der Waals surface area contributed by atoms with Crippen LogP contribution in [0, 0.1) is 17.2 Å². The lowest BCUT2D eigenvalue weighted by molar-refractivity contribution is 0.250. The Kier molecular flexibility index (Phi) is 6.29. The molecule has 0 spiro atoms. The maximum absolute atomic E-state index is 12.6. The van der Waals surface area contributed by atoms with Crippen molar-refractivity contribution < 1.29 is 4.79 Å². The molecule has 0 saturated heterocycles. The molecule has 0 radical (unpaired) electrons. The molecule has 1 aliphatic carbocycles. The number of anilines is 1. The van der Waals surface area contributed by atoms with Gasteiger partial charge in [0.15, 0.2) is 11.5 Å². The molecule has 1 saturated carbocycles. The molecule has 0 bridgehead atoms. The summed E-state index contributed by atoms with van der Waals surface area (Å²) in [5.41, 5.74) is 2.75. The number of hydrogen-bond acceptors (Lipinski definition) is 6. The van der Waals surface area contributed by atoms with Crippen molar-refractivity contribution in [3.8, 4) is 28.7 Å². The van der Waals surface area contributed by atoms with Crippen LogP contribution in [0.5, 0.6) is 0 Å². The van der Waals surface area contributed by atoms with E-state index in [4.69, 9.17) is 11.6 Å². The monoisotopic (exact) mass is 486 g/mol. The largest absolute Gasteiger partial charge is 0.338 e. The van der Waals surface area contributed by atoms with Gasteiger partial charge in [0, 0.05) is 36.9 Å². The Morgan fingerprint density at radius 3 is 2.80 bits per heavy atom. The summed E-state index contributed by atoms with van der Waals surface area (Å²) in [4.78, 5) is 26.2. The van der Waals surface area contributed by atoms with Gasteiger partial charge in [0.2, 0.25) is 0 Å². The molecule has 176 valence electrons. The molecule has 0 unspecified atom stereocenters. The van der Waals surface area contributed by atoms with Gasteiger partial charge in [0.25, 0.3) is 0 Å². The zero-order chi connectivity index (χ0) is 24.4. The highest BCUT2D eigenvalue weighted by Crippen LogP contribution is 2.34. The predicted octanol–water partition coefficient (Wildman–Crippen LogP) is 4.93. The topological polar surface area (TPSA) is 121 Å². The van der Waals surface area contributed by atoms with E-state index in [0.29, 0.717) is 45.6 Å². The number of halogens is 1. The minimum Gasteiger partial charge on any atom is -0.338 e. The van der Waals surface area contributed by atoms with Crippen molar-refractivity contribution in [1.82, 2.24) is 30.0 Å². The Labute approximate surface area is 207 Å². The van der Waals surface area contributed by atoms with E-state index in [1.54, 1.807) is 36.3 Å². The van der Waals surface area contributed by atoms with E-state index < -0.39 is 6.03 Å². The molecule has 35 heavy (non-hydrogen) atoms. The first kappa shape index (κ1) is 22.7. The van der Waals surface area contributed by atoms with Gasteiger partial charge in [0.05, 0.1) is 10.5 Å². The normalized spacial score (nSPS) is 13.6. The second-order valence-corrected chi connectivity index (χ2v) is 9.03. The van der Waals surface area contributed by atoms with Crippen molar-refractivity contribution in [3.63, 3.8) is 0 Å². The molecular formula is C25H23ClN8O. The van der Waals surface area contributed by atoms with Crippen molar-refractivity contribution >= 4 is 34.4 Å². The van der Waals surface area contributed by atoms with Crippen molar-refractivity contribution in [3.05, 3.63) is 53.4 Å².